The minimum absolute atomic E-state index is 0.258. The number of carbonyl (C=O) groups is 1. The van der Waals surface area contributed by atoms with Crippen LogP contribution in [0.3, 0.4) is 0 Å². The Kier molecular flexibility index (Phi) is 3.94. The molecule has 2 aromatic rings. The van der Waals surface area contributed by atoms with Crippen LogP contribution in [-0.2, 0) is 0 Å². The Balaban J connectivity index is 2.05. The third-order valence-corrected chi connectivity index (χ3v) is 2.81. The molecule has 0 saturated carbocycles. The Morgan fingerprint density at radius 3 is 3.06 bits per heavy atom. The molecule has 5 nitrogen and oxygen atoms in total. The van der Waals surface area contributed by atoms with Crippen LogP contribution in [0.15, 0.2) is 24.3 Å². The smallest absolute Gasteiger partial charge is 0.272 e. The van der Waals surface area contributed by atoms with E-state index in [1.54, 1.807) is 0 Å². The molecule has 0 fully saturated rings. The van der Waals surface area contributed by atoms with Crippen molar-refractivity contribution in [2.24, 2.45) is 0 Å². The molecule has 1 aromatic heterocycles. The lowest BCUT2D eigenvalue weighted by molar-refractivity contribution is 0.0907. The number of aliphatic hydroxyl groups is 1. The van der Waals surface area contributed by atoms with Gasteiger partial charge in [0.25, 0.3) is 5.91 Å². The monoisotopic (exact) mass is 247 g/mol. The number of hydrogen-bond acceptors (Lipinski definition) is 3. The number of nitrogens with zero attached hydrogens (tertiary/aromatic N) is 1. The van der Waals surface area contributed by atoms with Crippen molar-refractivity contribution in [3.8, 4) is 0 Å². The average Bonchev–Trinajstić information content (AvgIpc) is 2.80. The van der Waals surface area contributed by atoms with Gasteiger partial charge in [0.1, 0.15) is 0 Å². The number of rotatable bonds is 5. The fraction of sp³-hybridized carbons (Fsp3) is 0.385. The second kappa shape index (κ2) is 5.64. The molecule has 0 spiro atoms. The summed E-state index contributed by atoms with van der Waals surface area (Å²) in [5.41, 5.74) is 1.20. The lowest BCUT2D eigenvalue weighted by atomic mass is 10.2. The van der Waals surface area contributed by atoms with Gasteiger partial charge in [-0.3, -0.25) is 9.89 Å². The highest BCUT2D eigenvalue weighted by molar-refractivity contribution is 6.04. The van der Waals surface area contributed by atoms with E-state index < -0.39 is 6.10 Å². The Morgan fingerprint density at radius 1 is 1.50 bits per heavy atom. The maximum absolute atomic E-state index is 11.9. The van der Waals surface area contributed by atoms with Crippen LogP contribution < -0.4 is 5.32 Å². The zero-order chi connectivity index (χ0) is 13.0. The number of amides is 1. The molecular weight excluding hydrogens is 230 g/mol. The first-order valence-electron chi connectivity index (χ1n) is 6.11. The van der Waals surface area contributed by atoms with E-state index in [9.17, 15) is 9.90 Å². The molecule has 0 saturated heterocycles. The van der Waals surface area contributed by atoms with Gasteiger partial charge >= 0.3 is 0 Å². The van der Waals surface area contributed by atoms with Crippen molar-refractivity contribution >= 4 is 16.8 Å². The highest BCUT2D eigenvalue weighted by Crippen LogP contribution is 2.14. The number of aromatic amines is 1. The molecule has 1 atom stereocenters. The third kappa shape index (κ3) is 2.68. The fourth-order valence-electron chi connectivity index (χ4n) is 1.87. The van der Waals surface area contributed by atoms with E-state index in [4.69, 9.17) is 0 Å². The van der Waals surface area contributed by atoms with Crippen LogP contribution in [0.2, 0.25) is 0 Å². The summed E-state index contributed by atoms with van der Waals surface area (Å²) in [6.07, 6.45) is 1.08. The number of para-hydroxylation sites is 1. The van der Waals surface area contributed by atoms with Gasteiger partial charge in [0.15, 0.2) is 5.69 Å². The number of H-pyrrole nitrogens is 1. The van der Waals surface area contributed by atoms with E-state index in [0.29, 0.717) is 12.1 Å². The average molecular weight is 247 g/mol. The fourth-order valence-corrected chi connectivity index (χ4v) is 1.87. The molecule has 0 aliphatic heterocycles. The minimum atomic E-state index is -0.496. The molecule has 18 heavy (non-hydrogen) atoms. The first-order valence-corrected chi connectivity index (χ1v) is 6.11. The Hall–Kier alpha value is -1.88. The SMILES string of the molecule is CCCC(O)CNC(=O)c1n[nH]c2ccccc12. The number of hydrogen-bond donors (Lipinski definition) is 3. The zero-order valence-electron chi connectivity index (χ0n) is 10.3. The van der Waals surface area contributed by atoms with Crippen LogP contribution in [0.4, 0.5) is 0 Å². The van der Waals surface area contributed by atoms with Crippen molar-refractivity contribution in [2.75, 3.05) is 6.54 Å². The van der Waals surface area contributed by atoms with E-state index in [1.165, 1.54) is 0 Å². The topological polar surface area (TPSA) is 78.0 Å². The second-order valence-corrected chi connectivity index (χ2v) is 4.27. The van der Waals surface area contributed by atoms with Crippen molar-refractivity contribution in [3.63, 3.8) is 0 Å². The Morgan fingerprint density at radius 2 is 2.28 bits per heavy atom. The Bertz CT molecular complexity index is 536. The zero-order valence-corrected chi connectivity index (χ0v) is 10.3. The van der Waals surface area contributed by atoms with E-state index in [1.807, 2.05) is 31.2 Å². The maximum Gasteiger partial charge on any atom is 0.272 e. The van der Waals surface area contributed by atoms with Crippen molar-refractivity contribution in [1.82, 2.24) is 15.5 Å². The van der Waals surface area contributed by atoms with Gasteiger partial charge in [-0.2, -0.15) is 5.10 Å². The summed E-state index contributed by atoms with van der Waals surface area (Å²) in [5.74, 6) is -0.261. The van der Waals surface area contributed by atoms with E-state index in [0.717, 1.165) is 17.3 Å². The molecule has 5 heteroatoms. The van der Waals surface area contributed by atoms with Gasteiger partial charge in [0.2, 0.25) is 0 Å². The molecular formula is C13H17N3O2. The molecule has 1 heterocycles. The molecule has 96 valence electrons. The van der Waals surface area contributed by atoms with E-state index in [2.05, 4.69) is 15.5 Å². The number of fused-ring (bicyclic) bond motifs is 1. The first kappa shape index (κ1) is 12.6. The Labute approximate surface area is 105 Å². The quantitative estimate of drug-likeness (QED) is 0.748. The minimum Gasteiger partial charge on any atom is -0.391 e. The van der Waals surface area contributed by atoms with Gasteiger partial charge in [-0.15, -0.1) is 0 Å². The van der Waals surface area contributed by atoms with Crippen molar-refractivity contribution in [1.29, 1.82) is 0 Å². The first-order chi connectivity index (χ1) is 8.72. The van der Waals surface area contributed by atoms with Crippen molar-refractivity contribution in [2.45, 2.75) is 25.9 Å². The number of aliphatic hydroxyl groups excluding tert-OH is 1. The standard InChI is InChI=1S/C13H17N3O2/c1-2-5-9(17)8-14-13(18)12-10-6-3-4-7-11(10)15-16-12/h3-4,6-7,9,17H,2,5,8H2,1H3,(H,14,18)(H,15,16). The summed E-state index contributed by atoms with van der Waals surface area (Å²) in [7, 11) is 0. The summed E-state index contributed by atoms with van der Waals surface area (Å²) in [6.45, 7) is 2.25. The lowest BCUT2D eigenvalue weighted by Crippen LogP contribution is -2.32. The van der Waals surface area contributed by atoms with Crippen LogP contribution in [0.25, 0.3) is 10.9 Å². The summed E-state index contributed by atoms with van der Waals surface area (Å²) < 4.78 is 0. The maximum atomic E-state index is 11.9. The molecule has 1 amide bonds. The van der Waals surface area contributed by atoms with E-state index >= 15 is 0 Å². The molecule has 1 unspecified atom stereocenters. The predicted molar refractivity (Wildman–Crippen MR) is 69.3 cm³/mol. The van der Waals surface area contributed by atoms with Gasteiger partial charge < -0.3 is 10.4 Å². The van der Waals surface area contributed by atoms with Crippen LogP contribution >= 0.6 is 0 Å². The molecule has 0 radical (unpaired) electrons. The van der Waals surface area contributed by atoms with Gasteiger partial charge in [-0.1, -0.05) is 31.5 Å². The molecule has 2 rings (SSSR count). The summed E-state index contributed by atoms with van der Waals surface area (Å²) >= 11 is 0. The van der Waals surface area contributed by atoms with Crippen LogP contribution in [-0.4, -0.2) is 33.9 Å². The van der Waals surface area contributed by atoms with Gasteiger partial charge in [0.05, 0.1) is 11.6 Å². The lowest BCUT2D eigenvalue weighted by Gasteiger charge is -2.09. The molecule has 0 aliphatic rings. The molecule has 0 aliphatic carbocycles. The third-order valence-electron chi connectivity index (χ3n) is 2.81. The van der Waals surface area contributed by atoms with E-state index in [-0.39, 0.29) is 12.5 Å². The highest BCUT2D eigenvalue weighted by Gasteiger charge is 2.14. The largest absolute Gasteiger partial charge is 0.391 e. The van der Waals surface area contributed by atoms with Crippen LogP contribution in [0, 0.1) is 0 Å². The van der Waals surface area contributed by atoms with Crippen LogP contribution in [0.5, 0.6) is 0 Å². The van der Waals surface area contributed by atoms with Gasteiger partial charge in [-0.05, 0) is 12.5 Å². The second-order valence-electron chi connectivity index (χ2n) is 4.27. The van der Waals surface area contributed by atoms with Crippen molar-refractivity contribution in [3.05, 3.63) is 30.0 Å². The van der Waals surface area contributed by atoms with Gasteiger partial charge in [-0.25, -0.2) is 0 Å². The summed E-state index contributed by atoms with van der Waals surface area (Å²) in [5, 5.41) is 19.9. The number of aromatic nitrogens is 2. The van der Waals surface area contributed by atoms with Gasteiger partial charge in [0, 0.05) is 11.9 Å². The molecule has 0 bridgehead atoms. The number of nitrogens with one attached hydrogen (secondary N) is 2. The molecule has 1 aromatic carbocycles. The van der Waals surface area contributed by atoms with Crippen molar-refractivity contribution < 1.29 is 9.90 Å². The number of benzene rings is 1. The predicted octanol–water partition coefficient (Wildman–Crippen LogP) is 1.45. The highest BCUT2D eigenvalue weighted by atomic mass is 16.3. The number of carbonyl (C=O) groups excluding carboxylic acids is 1. The summed E-state index contributed by atoms with van der Waals surface area (Å²) in [6, 6.07) is 7.45. The normalized spacial score (nSPS) is 12.6. The summed E-state index contributed by atoms with van der Waals surface area (Å²) in [4.78, 5) is 11.9. The van der Waals surface area contributed by atoms with Crippen LogP contribution in [0.1, 0.15) is 30.3 Å². The molecule has 3 N–H and O–H groups in total.